The molecule has 0 aliphatic carbocycles. The van der Waals surface area contributed by atoms with Crippen molar-refractivity contribution in [2.24, 2.45) is 0 Å². The number of amides is 2. The summed E-state index contributed by atoms with van der Waals surface area (Å²) >= 11 is 0. The summed E-state index contributed by atoms with van der Waals surface area (Å²) in [6.45, 7) is 11.2. The van der Waals surface area contributed by atoms with Crippen LogP contribution in [0.25, 0.3) is 0 Å². The van der Waals surface area contributed by atoms with E-state index in [4.69, 9.17) is 0 Å². The van der Waals surface area contributed by atoms with Gasteiger partial charge < -0.3 is 14.4 Å². The Morgan fingerprint density at radius 1 is 0.818 bits per heavy atom. The summed E-state index contributed by atoms with van der Waals surface area (Å²) in [5.41, 5.74) is 3.99. The van der Waals surface area contributed by atoms with E-state index in [0.717, 1.165) is 17.8 Å². The zero-order chi connectivity index (χ0) is 24.0. The maximum atomic E-state index is 13.4. The van der Waals surface area contributed by atoms with Crippen LogP contribution in [-0.2, 0) is 17.9 Å². The Hall–Kier alpha value is -3.34. The first-order valence-corrected chi connectivity index (χ1v) is 11.6. The Labute approximate surface area is 197 Å². The molecule has 0 atom stereocenters. The lowest BCUT2D eigenvalue weighted by Crippen LogP contribution is -2.47. The third kappa shape index (κ3) is 6.35. The van der Waals surface area contributed by atoms with Gasteiger partial charge in [-0.25, -0.2) is 0 Å². The monoisotopic (exact) mass is 445 g/mol. The molecule has 0 saturated heterocycles. The van der Waals surface area contributed by atoms with Crippen LogP contribution in [0.15, 0.2) is 72.9 Å². The van der Waals surface area contributed by atoms with Crippen LogP contribution in [0, 0.1) is 6.92 Å². The fourth-order valence-electron chi connectivity index (χ4n) is 3.85. The van der Waals surface area contributed by atoms with E-state index < -0.39 is 0 Å². The van der Waals surface area contributed by atoms with Gasteiger partial charge in [-0.05, 0) is 64.4 Å². The van der Waals surface area contributed by atoms with Gasteiger partial charge in [0, 0.05) is 36.1 Å². The molecule has 1 aromatic heterocycles. The maximum Gasteiger partial charge on any atom is 0.254 e. The molecule has 0 unspecified atom stereocenters. The smallest absolute Gasteiger partial charge is 0.254 e. The highest BCUT2D eigenvalue weighted by Crippen LogP contribution is 2.15. The summed E-state index contributed by atoms with van der Waals surface area (Å²) in [6, 6.07) is 21.8. The highest BCUT2D eigenvalue weighted by Gasteiger charge is 2.26. The number of carbonyl (C=O) groups excluding carboxylic acids is 2. The Bertz CT molecular complexity index is 1050. The molecule has 0 fully saturated rings. The Balaban J connectivity index is 1.75. The quantitative estimate of drug-likeness (QED) is 0.458. The van der Waals surface area contributed by atoms with Gasteiger partial charge in [0.2, 0.25) is 5.91 Å². The van der Waals surface area contributed by atoms with Gasteiger partial charge in [0.15, 0.2) is 0 Å². The van der Waals surface area contributed by atoms with E-state index in [2.05, 4.69) is 22.8 Å². The molecular weight excluding hydrogens is 410 g/mol. The zero-order valence-electron chi connectivity index (χ0n) is 20.4. The molecule has 0 radical (unpaired) electrons. The van der Waals surface area contributed by atoms with Crippen LogP contribution in [-0.4, -0.2) is 44.8 Å². The first kappa shape index (κ1) is 24.3. The van der Waals surface area contributed by atoms with E-state index in [1.165, 1.54) is 5.56 Å². The second-order valence-corrected chi connectivity index (χ2v) is 9.12. The van der Waals surface area contributed by atoms with Gasteiger partial charge in [-0.15, -0.1) is 0 Å². The van der Waals surface area contributed by atoms with Crippen molar-refractivity contribution in [3.8, 4) is 0 Å². The summed E-state index contributed by atoms with van der Waals surface area (Å²) in [5, 5.41) is 0. The molecule has 174 valence electrons. The van der Waals surface area contributed by atoms with Crippen LogP contribution >= 0.6 is 0 Å². The van der Waals surface area contributed by atoms with Gasteiger partial charge in [0.1, 0.15) is 6.54 Å². The van der Waals surface area contributed by atoms with E-state index in [0.29, 0.717) is 12.1 Å². The van der Waals surface area contributed by atoms with Crippen LogP contribution < -0.4 is 0 Å². The summed E-state index contributed by atoms with van der Waals surface area (Å²) < 4.78 is 2.18. The molecule has 0 aliphatic rings. The molecule has 0 spiro atoms. The molecule has 0 saturated carbocycles. The molecule has 5 nitrogen and oxygen atoms in total. The second-order valence-electron chi connectivity index (χ2n) is 9.12. The van der Waals surface area contributed by atoms with Gasteiger partial charge in [-0.2, -0.15) is 0 Å². The number of aromatic nitrogens is 1. The summed E-state index contributed by atoms with van der Waals surface area (Å²) in [7, 11) is 0. The van der Waals surface area contributed by atoms with Crippen molar-refractivity contribution in [3.05, 3.63) is 95.3 Å². The standard InChI is InChI=1S/C28H35N3O2/c1-21(2)30(19-26-12-9-17-29(26)18-24-10-7-6-8-11-24)27(32)20-31(22(3)4)28(33)25-15-13-23(5)14-16-25/h6-17,21-22H,18-20H2,1-5H3. The van der Waals surface area contributed by atoms with Crippen LogP contribution in [0.1, 0.15) is 54.9 Å². The third-order valence-electron chi connectivity index (χ3n) is 5.88. The largest absolute Gasteiger partial charge is 0.345 e. The minimum atomic E-state index is -0.116. The van der Waals surface area contributed by atoms with Crippen LogP contribution in [0.3, 0.4) is 0 Å². The van der Waals surface area contributed by atoms with Gasteiger partial charge in [0.05, 0.1) is 6.54 Å². The zero-order valence-corrected chi connectivity index (χ0v) is 20.4. The fraction of sp³-hybridized carbons (Fsp3) is 0.357. The SMILES string of the molecule is Cc1ccc(C(=O)N(CC(=O)N(Cc2cccn2Cc2ccccc2)C(C)C)C(C)C)cc1. The van der Waals surface area contributed by atoms with Crippen LogP contribution in [0.5, 0.6) is 0 Å². The topological polar surface area (TPSA) is 45.6 Å². The van der Waals surface area contributed by atoms with Gasteiger partial charge in [0.25, 0.3) is 5.91 Å². The van der Waals surface area contributed by atoms with E-state index in [9.17, 15) is 9.59 Å². The first-order chi connectivity index (χ1) is 15.8. The minimum Gasteiger partial charge on any atom is -0.345 e. The van der Waals surface area contributed by atoms with Crippen molar-refractivity contribution < 1.29 is 9.59 Å². The summed E-state index contributed by atoms with van der Waals surface area (Å²) in [4.78, 5) is 30.1. The second kappa shape index (κ2) is 11.0. The number of nitrogens with zero attached hydrogens (tertiary/aromatic N) is 3. The third-order valence-corrected chi connectivity index (χ3v) is 5.88. The highest BCUT2D eigenvalue weighted by atomic mass is 16.2. The van der Waals surface area contributed by atoms with Gasteiger partial charge in [-0.3, -0.25) is 9.59 Å². The Kier molecular flexibility index (Phi) is 8.10. The minimum absolute atomic E-state index is 0.0149. The molecular formula is C28H35N3O2. The normalized spacial score (nSPS) is 11.1. The molecule has 2 amide bonds. The van der Waals surface area contributed by atoms with E-state index in [1.807, 2.05) is 94.2 Å². The number of rotatable bonds is 9. The summed E-state index contributed by atoms with van der Waals surface area (Å²) in [5.74, 6) is -0.166. The van der Waals surface area contributed by atoms with Crippen molar-refractivity contribution in [1.29, 1.82) is 0 Å². The van der Waals surface area contributed by atoms with E-state index >= 15 is 0 Å². The molecule has 0 bridgehead atoms. The van der Waals surface area contributed by atoms with Crippen molar-refractivity contribution in [2.75, 3.05) is 6.54 Å². The average Bonchev–Trinajstić information content (AvgIpc) is 3.22. The average molecular weight is 446 g/mol. The maximum absolute atomic E-state index is 13.4. The number of aryl methyl sites for hydroxylation is 1. The van der Waals surface area contributed by atoms with Crippen molar-refractivity contribution in [3.63, 3.8) is 0 Å². The van der Waals surface area contributed by atoms with Gasteiger partial charge >= 0.3 is 0 Å². The van der Waals surface area contributed by atoms with Gasteiger partial charge in [-0.1, -0.05) is 48.0 Å². The molecule has 0 N–H and O–H groups in total. The number of carbonyl (C=O) groups is 2. The Morgan fingerprint density at radius 2 is 1.45 bits per heavy atom. The fourth-order valence-corrected chi connectivity index (χ4v) is 3.85. The molecule has 2 aromatic carbocycles. The van der Waals surface area contributed by atoms with Crippen molar-refractivity contribution >= 4 is 11.8 Å². The lowest BCUT2D eigenvalue weighted by atomic mass is 10.1. The van der Waals surface area contributed by atoms with E-state index in [1.54, 1.807) is 4.90 Å². The highest BCUT2D eigenvalue weighted by molar-refractivity contribution is 5.96. The molecule has 3 rings (SSSR count). The molecule has 1 heterocycles. The predicted molar refractivity (Wildman–Crippen MR) is 133 cm³/mol. The number of benzene rings is 2. The van der Waals surface area contributed by atoms with E-state index in [-0.39, 0.29) is 30.4 Å². The molecule has 0 aliphatic heterocycles. The number of hydrogen-bond acceptors (Lipinski definition) is 2. The lowest BCUT2D eigenvalue weighted by molar-refractivity contribution is -0.134. The molecule has 33 heavy (non-hydrogen) atoms. The predicted octanol–water partition coefficient (Wildman–Crippen LogP) is 5.13. The van der Waals surface area contributed by atoms with Crippen molar-refractivity contribution in [2.45, 2.75) is 59.8 Å². The van der Waals surface area contributed by atoms with Crippen LogP contribution in [0.2, 0.25) is 0 Å². The Morgan fingerprint density at radius 3 is 2.06 bits per heavy atom. The molecule has 5 heteroatoms. The lowest BCUT2D eigenvalue weighted by Gasteiger charge is -2.32. The van der Waals surface area contributed by atoms with Crippen molar-refractivity contribution in [1.82, 2.24) is 14.4 Å². The first-order valence-electron chi connectivity index (χ1n) is 11.6. The molecule has 3 aromatic rings. The summed E-state index contributed by atoms with van der Waals surface area (Å²) in [6.07, 6.45) is 2.05. The number of hydrogen-bond donors (Lipinski definition) is 0. The van der Waals surface area contributed by atoms with Crippen LogP contribution in [0.4, 0.5) is 0 Å².